The molecule has 0 radical (unpaired) electrons. The standard InChI is InChI=1S/C18H19N3O2/c1-11-16-9-8-15(23-3)10-17(16)18(20-21(11)12(2)22)13-4-6-14(19)7-5-13/h4-11H,19H2,1-3H3. The van der Waals surface area contributed by atoms with Gasteiger partial charge in [0.15, 0.2) is 0 Å². The van der Waals surface area contributed by atoms with Crippen molar-refractivity contribution >= 4 is 17.3 Å². The van der Waals surface area contributed by atoms with Crippen LogP contribution in [-0.4, -0.2) is 23.7 Å². The first-order valence-electron chi connectivity index (χ1n) is 7.44. The summed E-state index contributed by atoms with van der Waals surface area (Å²) in [6, 6.07) is 13.2. The predicted octanol–water partition coefficient (Wildman–Crippen LogP) is 2.95. The van der Waals surface area contributed by atoms with Crippen LogP contribution in [0.25, 0.3) is 0 Å². The summed E-state index contributed by atoms with van der Waals surface area (Å²) in [6.07, 6.45) is 0. The van der Waals surface area contributed by atoms with E-state index in [-0.39, 0.29) is 11.9 Å². The summed E-state index contributed by atoms with van der Waals surface area (Å²) in [5, 5.41) is 6.10. The zero-order chi connectivity index (χ0) is 16.6. The second-order valence-corrected chi connectivity index (χ2v) is 5.56. The molecule has 2 aromatic rings. The Morgan fingerprint density at radius 2 is 1.91 bits per heavy atom. The van der Waals surface area contributed by atoms with Gasteiger partial charge < -0.3 is 10.5 Å². The van der Waals surface area contributed by atoms with Gasteiger partial charge in [0, 0.05) is 23.7 Å². The molecule has 0 aromatic heterocycles. The van der Waals surface area contributed by atoms with Gasteiger partial charge in [0.2, 0.25) is 5.91 Å². The van der Waals surface area contributed by atoms with Crippen molar-refractivity contribution in [3.63, 3.8) is 0 Å². The Morgan fingerprint density at radius 1 is 1.22 bits per heavy atom. The van der Waals surface area contributed by atoms with Gasteiger partial charge in [-0.2, -0.15) is 5.10 Å². The lowest BCUT2D eigenvalue weighted by molar-refractivity contribution is -0.131. The van der Waals surface area contributed by atoms with E-state index in [2.05, 4.69) is 5.10 Å². The topological polar surface area (TPSA) is 67.9 Å². The minimum absolute atomic E-state index is 0.0908. The summed E-state index contributed by atoms with van der Waals surface area (Å²) in [5.41, 5.74) is 10.1. The normalized spacial score (nSPS) is 16.6. The quantitative estimate of drug-likeness (QED) is 0.867. The number of benzene rings is 2. The maximum Gasteiger partial charge on any atom is 0.240 e. The molecule has 0 saturated heterocycles. The minimum Gasteiger partial charge on any atom is -0.497 e. The summed E-state index contributed by atoms with van der Waals surface area (Å²) >= 11 is 0. The third-order valence-corrected chi connectivity index (χ3v) is 4.05. The molecular formula is C18H19N3O2. The van der Waals surface area contributed by atoms with E-state index in [4.69, 9.17) is 10.5 Å². The Kier molecular flexibility index (Phi) is 3.78. The van der Waals surface area contributed by atoms with Gasteiger partial charge in [0.05, 0.1) is 18.9 Å². The van der Waals surface area contributed by atoms with Gasteiger partial charge in [0.25, 0.3) is 0 Å². The number of carbonyl (C=O) groups is 1. The number of fused-ring (bicyclic) bond motifs is 1. The van der Waals surface area contributed by atoms with Crippen LogP contribution in [0.15, 0.2) is 47.6 Å². The molecule has 1 heterocycles. The number of nitrogens with zero attached hydrogens (tertiary/aromatic N) is 2. The third-order valence-electron chi connectivity index (χ3n) is 4.05. The van der Waals surface area contributed by atoms with Crippen molar-refractivity contribution in [2.24, 2.45) is 5.10 Å². The van der Waals surface area contributed by atoms with Crippen LogP contribution in [0.4, 0.5) is 5.69 Å². The van der Waals surface area contributed by atoms with Gasteiger partial charge in [-0.25, -0.2) is 5.01 Å². The summed E-state index contributed by atoms with van der Waals surface area (Å²) in [5.74, 6) is 0.669. The Bertz CT molecular complexity index is 781. The number of carbonyl (C=O) groups excluding carboxylic acids is 1. The number of anilines is 1. The van der Waals surface area contributed by atoms with Crippen molar-refractivity contribution in [3.8, 4) is 5.75 Å². The molecule has 23 heavy (non-hydrogen) atoms. The summed E-state index contributed by atoms with van der Waals surface area (Å²) in [4.78, 5) is 11.9. The molecule has 1 amide bonds. The van der Waals surface area contributed by atoms with E-state index < -0.39 is 0 Å². The number of ether oxygens (including phenoxy) is 1. The molecule has 0 spiro atoms. The smallest absolute Gasteiger partial charge is 0.240 e. The van der Waals surface area contributed by atoms with Crippen molar-refractivity contribution in [3.05, 3.63) is 59.2 Å². The SMILES string of the molecule is COc1ccc2c(c1)C(c1ccc(N)cc1)=NN(C(C)=O)C2C. The number of hydrazone groups is 1. The molecule has 1 aliphatic rings. The maximum absolute atomic E-state index is 11.9. The van der Waals surface area contributed by atoms with Gasteiger partial charge >= 0.3 is 0 Å². The molecule has 5 nitrogen and oxygen atoms in total. The fourth-order valence-electron chi connectivity index (χ4n) is 2.81. The van der Waals surface area contributed by atoms with Crippen LogP contribution in [0.5, 0.6) is 5.75 Å². The zero-order valence-electron chi connectivity index (χ0n) is 13.4. The molecule has 0 aliphatic carbocycles. The molecule has 0 bridgehead atoms. The lowest BCUT2D eigenvalue weighted by Gasteiger charge is -2.31. The van der Waals surface area contributed by atoms with Crippen LogP contribution >= 0.6 is 0 Å². The lowest BCUT2D eigenvalue weighted by atomic mass is 9.92. The van der Waals surface area contributed by atoms with E-state index in [1.54, 1.807) is 7.11 Å². The van der Waals surface area contributed by atoms with Crippen molar-refractivity contribution in [1.29, 1.82) is 0 Å². The van der Waals surface area contributed by atoms with Crippen molar-refractivity contribution in [2.75, 3.05) is 12.8 Å². The first-order valence-corrected chi connectivity index (χ1v) is 7.44. The highest BCUT2D eigenvalue weighted by Crippen LogP contribution is 2.33. The second-order valence-electron chi connectivity index (χ2n) is 5.56. The zero-order valence-corrected chi connectivity index (χ0v) is 13.4. The number of rotatable bonds is 2. The van der Waals surface area contributed by atoms with Crippen LogP contribution in [0, 0.1) is 0 Å². The molecule has 118 valence electrons. The number of nitrogen functional groups attached to an aromatic ring is 1. The van der Waals surface area contributed by atoms with Crippen molar-refractivity contribution in [2.45, 2.75) is 19.9 Å². The fraction of sp³-hybridized carbons (Fsp3) is 0.222. The molecule has 5 heteroatoms. The Labute approximate surface area is 135 Å². The second kappa shape index (κ2) is 5.76. The highest BCUT2D eigenvalue weighted by atomic mass is 16.5. The van der Waals surface area contributed by atoms with Gasteiger partial charge in [-0.1, -0.05) is 18.2 Å². The first-order chi connectivity index (χ1) is 11.0. The Balaban J connectivity index is 2.20. The van der Waals surface area contributed by atoms with Crippen LogP contribution in [0.3, 0.4) is 0 Å². The largest absolute Gasteiger partial charge is 0.497 e. The molecule has 2 aromatic carbocycles. The van der Waals surface area contributed by atoms with Gasteiger partial charge in [0.1, 0.15) is 5.75 Å². The van der Waals surface area contributed by atoms with Gasteiger partial charge in [-0.05, 0) is 36.8 Å². The van der Waals surface area contributed by atoms with Crippen LogP contribution < -0.4 is 10.5 Å². The van der Waals surface area contributed by atoms with E-state index in [9.17, 15) is 4.79 Å². The third kappa shape index (κ3) is 2.65. The highest BCUT2D eigenvalue weighted by Gasteiger charge is 2.29. The lowest BCUT2D eigenvalue weighted by Crippen LogP contribution is -2.33. The van der Waals surface area contributed by atoms with E-state index in [0.29, 0.717) is 5.69 Å². The number of hydrogen-bond donors (Lipinski definition) is 1. The number of amides is 1. The van der Waals surface area contributed by atoms with Crippen LogP contribution in [0.2, 0.25) is 0 Å². The maximum atomic E-state index is 11.9. The molecule has 1 unspecified atom stereocenters. The molecule has 0 saturated carbocycles. The molecule has 1 atom stereocenters. The fourth-order valence-corrected chi connectivity index (χ4v) is 2.81. The van der Waals surface area contributed by atoms with E-state index in [0.717, 1.165) is 28.2 Å². The van der Waals surface area contributed by atoms with E-state index >= 15 is 0 Å². The Morgan fingerprint density at radius 3 is 2.52 bits per heavy atom. The minimum atomic E-state index is -0.120. The highest BCUT2D eigenvalue weighted by molar-refractivity contribution is 6.15. The first kappa shape index (κ1) is 15.1. The van der Waals surface area contributed by atoms with Gasteiger partial charge in [-0.3, -0.25) is 4.79 Å². The monoisotopic (exact) mass is 309 g/mol. The summed E-state index contributed by atoms with van der Waals surface area (Å²) < 4.78 is 5.34. The number of methoxy groups -OCH3 is 1. The molecule has 2 N–H and O–H groups in total. The summed E-state index contributed by atoms with van der Waals surface area (Å²) in [7, 11) is 1.63. The molecule has 1 aliphatic heterocycles. The number of nitrogens with two attached hydrogens (primary N) is 1. The number of hydrogen-bond acceptors (Lipinski definition) is 4. The van der Waals surface area contributed by atoms with E-state index in [1.807, 2.05) is 49.4 Å². The molecular weight excluding hydrogens is 290 g/mol. The summed E-state index contributed by atoms with van der Waals surface area (Å²) in [6.45, 7) is 3.49. The van der Waals surface area contributed by atoms with Crippen LogP contribution in [0.1, 0.15) is 36.6 Å². The van der Waals surface area contributed by atoms with Crippen LogP contribution in [-0.2, 0) is 4.79 Å². The Hall–Kier alpha value is -2.82. The van der Waals surface area contributed by atoms with Crippen molar-refractivity contribution < 1.29 is 9.53 Å². The average molecular weight is 309 g/mol. The average Bonchev–Trinajstić information content (AvgIpc) is 2.55. The van der Waals surface area contributed by atoms with Gasteiger partial charge in [-0.15, -0.1) is 0 Å². The van der Waals surface area contributed by atoms with Crippen molar-refractivity contribution in [1.82, 2.24) is 5.01 Å². The van der Waals surface area contributed by atoms with E-state index in [1.165, 1.54) is 11.9 Å². The molecule has 0 fully saturated rings. The molecule has 3 rings (SSSR count). The predicted molar refractivity (Wildman–Crippen MR) is 90.4 cm³/mol.